The molecule has 2 N–H and O–H groups in total. The molecule has 4 nitrogen and oxygen atoms in total. The third-order valence-corrected chi connectivity index (χ3v) is 2.36. The number of hydrogen-bond acceptors (Lipinski definition) is 2. The molecule has 0 unspecified atom stereocenters. The number of carbonyl (C=O) groups is 2. The van der Waals surface area contributed by atoms with Gasteiger partial charge in [-0.2, -0.15) is 13.2 Å². The van der Waals surface area contributed by atoms with Crippen LogP contribution in [0, 0.1) is 5.82 Å². The van der Waals surface area contributed by atoms with Gasteiger partial charge in [-0.15, -0.1) is 0 Å². The normalized spacial score (nSPS) is 11.6. The van der Waals surface area contributed by atoms with Crippen LogP contribution in [0.25, 0.3) is 6.08 Å². The number of halogens is 4. The highest BCUT2D eigenvalue weighted by Crippen LogP contribution is 2.18. The molecule has 0 bridgehead atoms. The van der Waals surface area contributed by atoms with Crippen LogP contribution in [-0.2, 0) is 4.79 Å². The van der Waals surface area contributed by atoms with Gasteiger partial charge in [0.05, 0.1) is 6.42 Å². The molecule has 0 saturated heterocycles. The molecule has 0 aliphatic heterocycles. The van der Waals surface area contributed by atoms with Crippen LogP contribution >= 0.6 is 0 Å². The van der Waals surface area contributed by atoms with E-state index in [1.54, 1.807) is 0 Å². The molecule has 8 heteroatoms. The molecule has 0 aliphatic rings. The van der Waals surface area contributed by atoms with E-state index in [0.717, 1.165) is 24.3 Å². The molecule has 0 aromatic heterocycles. The number of amides is 1. The second-order valence-corrected chi connectivity index (χ2v) is 4.03. The fourth-order valence-corrected chi connectivity index (χ4v) is 1.38. The number of hydrogen-bond donors (Lipinski definition) is 2. The molecule has 0 heterocycles. The highest BCUT2D eigenvalue weighted by atomic mass is 19.4. The second-order valence-electron chi connectivity index (χ2n) is 4.03. The van der Waals surface area contributed by atoms with Gasteiger partial charge >= 0.3 is 12.1 Å². The van der Waals surface area contributed by atoms with Gasteiger partial charge in [0.25, 0.3) is 5.91 Å². The molecule has 0 atom stereocenters. The molecule has 0 aliphatic carbocycles. The highest BCUT2D eigenvalue weighted by Gasteiger charge is 2.26. The largest absolute Gasteiger partial charge is 0.478 e. The lowest BCUT2D eigenvalue weighted by Crippen LogP contribution is -2.28. The minimum atomic E-state index is -4.38. The molecule has 114 valence electrons. The Morgan fingerprint density at radius 3 is 2.48 bits per heavy atom. The molecule has 1 aromatic carbocycles. The van der Waals surface area contributed by atoms with Gasteiger partial charge in [0.15, 0.2) is 0 Å². The maximum Gasteiger partial charge on any atom is 0.390 e. The van der Waals surface area contributed by atoms with Gasteiger partial charge in [0.1, 0.15) is 5.82 Å². The van der Waals surface area contributed by atoms with Crippen molar-refractivity contribution in [3.05, 3.63) is 41.2 Å². The number of aliphatic carboxylic acids is 1. The van der Waals surface area contributed by atoms with Crippen LogP contribution < -0.4 is 5.32 Å². The van der Waals surface area contributed by atoms with Gasteiger partial charge in [0.2, 0.25) is 0 Å². The maximum absolute atomic E-state index is 13.6. The SMILES string of the molecule is O=C(O)C=Cc1ccc(C(=O)NCCC(F)(F)F)cc1F. The van der Waals surface area contributed by atoms with E-state index in [2.05, 4.69) is 0 Å². The molecule has 0 spiro atoms. The van der Waals surface area contributed by atoms with Crippen molar-refractivity contribution in [3.8, 4) is 0 Å². The summed E-state index contributed by atoms with van der Waals surface area (Å²) in [5.41, 5.74) is -0.202. The predicted molar refractivity (Wildman–Crippen MR) is 66.1 cm³/mol. The zero-order chi connectivity index (χ0) is 16.0. The number of alkyl halides is 3. The number of carbonyl (C=O) groups excluding carboxylic acids is 1. The van der Waals surface area contributed by atoms with Crippen LogP contribution in [-0.4, -0.2) is 29.7 Å². The number of nitrogens with one attached hydrogen (secondary N) is 1. The van der Waals surface area contributed by atoms with Crippen LogP contribution in [0.4, 0.5) is 17.6 Å². The molecule has 1 amide bonds. The summed E-state index contributed by atoms with van der Waals surface area (Å²) >= 11 is 0. The Bertz CT molecular complexity index is 567. The Balaban J connectivity index is 2.70. The van der Waals surface area contributed by atoms with Crippen molar-refractivity contribution in [2.45, 2.75) is 12.6 Å². The van der Waals surface area contributed by atoms with Gasteiger partial charge < -0.3 is 10.4 Å². The minimum Gasteiger partial charge on any atom is -0.478 e. The van der Waals surface area contributed by atoms with Crippen LogP contribution in [0.15, 0.2) is 24.3 Å². The Hall–Kier alpha value is -2.38. The third kappa shape index (κ3) is 6.07. The van der Waals surface area contributed by atoms with E-state index in [0.29, 0.717) is 0 Å². The summed E-state index contributed by atoms with van der Waals surface area (Å²) in [5.74, 6) is -2.95. The van der Waals surface area contributed by atoms with Crippen molar-refractivity contribution in [1.29, 1.82) is 0 Å². The average molecular weight is 305 g/mol. The fraction of sp³-hybridized carbons (Fsp3) is 0.231. The Morgan fingerprint density at radius 2 is 1.95 bits per heavy atom. The van der Waals surface area contributed by atoms with Crippen molar-refractivity contribution in [2.75, 3.05) is 6.54 Å². The van der Waals surface area contributed by atoms with Crippen molar-refractivity contribution < 1.29 is 32.3 Å². The Morgan fingerprint density at radius 1 is 1.29 bits per heavy atom. The highest BCUT2D eigenvalue weighted by molar-refractivity contribution is 5.94. The van der Waals surface area contributed by atoms with Crippen LogP contribution in [0.5, 0.6) is 0 Å². The molecule has 1 aromatic rings. The predicted octanol–water partition coefficient (Wildman–Crippen LogP) is 2.61. The number of carboxylic acids is 1. The van der Waals surface area contributed by atoms with Gasteiger partial charge in [-0.3, -0.25) is 4.79 Å². The van der Waals surface area contributed by atoms with Crippen LogP contribution in [0.1, 0.15) is 22.3 Å². The maximum atomic E-state index is 13.6. The molecule has 0 fully saturated rings. The monoisotopic (exact) mass is 305 g/mol. The first-order valence-electron chi connectivity index (χ1n) is 5.74. The summed E-state index contributed by atoms with van der Waals surface area (Å²) in [5, 5.41) is 10.4. The lowest BCUT2D eigenvalue weighted by Gasteiger charge is -2.08. The lowest BCUT2D eigenvalue weighted by atomic mass is 10.1. The zero-order valence-electron chi connectivity index (χ0n) is 10.6. The number of benzene rings is 1. The van der Waals surface area contributed by atoms with Crippen LogP contribution in [0.3, 0.4) is 0 Å². The topological polar surface area (TPSA) is 66.4 Å². The molecule has 21 heavy (non-hydrogen) atoms. The Labute approximate surface area is 117 Å². The molecular formula is C13H11F4NO3. The Kier molecular flexibility index (Phi) is 5.45. The zero-order valence-corrected chi connectivity index (χ0v) is 10.6. The first-order chi connectivity index (χ1) is 9.69. The molecular weight excluding hydrogens is 294 g/mol. The van der Waals surface area contributed by atoms with Gasteiger partial charge in [0, 0.05) is 23.7 Å². The summed E-state index contributed by atoms with van der Waals surface area (Å²) < 4.78 is 49.3. The first kappa shape index (κ1) is 16.7. The van der Waals surface area contributed by atoms with E-state index in [4.69, 9.17) is 5.11 Å². The average Bonchev–Trinajstić information content (AvgIpc) is 2.35. The van der Waals surface area contributed by atoms with Gasteiger partial charge in [-0.05, 0) is 18.2 Å². The minimum absolute atomic E-state index is 0.0516. The van der Waals surface area contributed by atoms with E-state index in [-0.39, 0.29) is 11.1 Å². The fourth-order valence-electron chi connectivity index (χ4n) is 1.38. The summed E-state index contributed by atoms with van der Waals surface area (Å²) in [6.45, 7) is -0.607. The summed E-state index contributed by atoms with van der Waals surface area (Å²) in [4.78, 5) is 21.8. The molecule has 0 radical (unpaired) electrons. The first-order valence-corrected chi connectivity index (χ1v) is 5.74. The van der Waals surface area contributed by atoms with Crippen molar-refractivity contribution in [2.24, 2.45) is 0 Å². The summed E-state index contributed by atoms with van der Waals surface area (Å²) in [6.07, 6.45) is -3.84. The van der Waals surface area contributed by atoms with Crippen molar-refractivity contribution >= 4 is 18.0 Å². The standard InChI is InChI=1S/C13H11F4NO3/c14-10-7-9(2-1-8(10)3-4-11(19)20)12(21)18-6-5-13(15,16)17/h1-4,7H,5-6H2,(H,18,21)(H,19,20). The quantitative estimate of drug-likeness (QED) is 0.649. The second kappa shape index (κ2) is 6.87. The van der Waals surface area contributed by atoms with E-state index in [1.165, 1.54) is 6.07 Å². The summed E-state index contributed by atoms with van der Waals surface area (Å²) in [7, 11) is 0. The van der Waals surface area contributed by atoms with Crippen molar-refractivity contribution in [3.63, 3.8) is 0 Å². The van der Waals surface area contributed by atoms with E-state index < -0.39 is 36.8 Å². The lowest BCUT2D eigenvalue weighted by molar-refractivity contribution is -0.133. The smallest absolute Gasteiger partial charge is 0.390 e. The molecule has 1 rings (SSSR count). The summed E-state index contributed by atoms with van der Waals surface area (Å²) in [6, 6.07) is 3.17. The third-order valence-electron chi connectivity index (χ3n) is 2.36. The number of rotatable bonds is 5. The van der Waals surface area contributed by atoms with E-state index in [1.807, 2.05) is 5.32 Å². The molecule has 0 saturated carbocycles. The van der Waals surface area contributed by atoms with E-state index >= 15 is 0 Å². The number of carboxylic acid groups (broad SMARTS) is 1. The van der Waals surface area contributed by atoms with Gasteiger partial charge in [-0.1, -0.05) is 6.07 Å². The van der Waals surface area contributed by atoms with Crippen molar-refractivity contribution in [1.82, 2.24) is 5.32 Å². The van der Waals surface area contributed by atoms with Crippen LogP contribution in [0.2, 0.25) is 0 Å². The van der Waals surface area contributed by atoms with E-state index in [9.17, 15) is 27.2 Å². The van der Waals surface area contributed by atoms with Gasteiger partial charge in [-0.25, -0.2) is 9.18 Å².